The van der Waals surface area contributed by atoms with Crippen LogP contribution >= 0.6 is 0 Å². The Morgan fingerprint density at radius 2 is 1.48 bits per heavy atom. The Bertz CT molecular complexity index is 936. The third kappa shape index (κ3) is 4.55. The van der Waals surface area contributed by atoms with Crippen LogP contribution in [-0.4, -0.2) is 35.7 Å². The van der Waals surface area contributed by atoms with Crippen molar-refractivity contribution in [1.82, 2.24) is 4.90 Å². The molecule has 1 fully saturated rings. The van der Waals surface area contributed by atoms with Gasteiger partial charge >= 0.3 is 5.97 Å². The van der Waals surface area contributed by atoms with Gasteiger partial charge in [0.25, 0.3) is 0 Å². The van der Waals surface area contributed by atoms with Crippen LogP contribution in [0.15, 0.2) is 91.0 Å². The number of carbonyl (C=O) groups is 1. The first-order valence-electron chi connectivity index (χ1n) is 10.9. The number of nitrogens with zero attached hydrogens (tertiary/aromatic N) is 1. The Balaban J connectivity index is 1.43. The summed E-state index contributed by atoms with van der Waals surface area (Å²) >= 11 is 0. The van der Waals surface area contributed by atoms with Gasteiger partial charge in [0.1, 0.15) is 0 Å². The number of hydrogen-bond acceptors (Lipinski definition) is 4. The molecule has 1 heterocycles. The minimum absolute atomic E-state index is 0.255. The first kappa shape index (κ1) is 21.3. The van der Waals surface area contributed by atoms with E-state index >= 15 is 0 Å². The maximum atomic E-state index is 13.2. The van der Waals surface area contributed by atoms with Gasteiger partial charge in [0.15, 0.2) is 0 Å². The summed E-state index contributed by atoms with van der Waals surface area (Å²) in [5.74, 6) is -0.370. The minimum atomic E-state index is -1.82. The summed E-state index contributed by atoms with van der Waals surface area (Å²) in [5.41, 5.74) is 0.495. The summed E-state index contributed by atoms with van der Waals surface area (Å²) in [6.07, 6.45) is 0.972. The molecule has 1 aliphatic heterocycles. The lowest BCUT2D eigenvalue weighted by molar-refractivity contribution is -0.163. The molecule has 0 unspecified atom stereocenters. The number of aliphatic hydroxyl groups is 1. The quantitative estimate of drug-likeness (QED) is 0.575. The fourth-order valence-corrected chi connectivity index (χ4v) is 4.35. The second-order valence-corrected chi connectivity index (χ2v) is 8.28. The molecular formula is C27H29NO3. The first-order valence-corrected chi connectivity index (χ1v) is 10.9. The zero-order chi connectivity index (χ0) is 21.7. The molecule has 1 aliphatic rings. The van der Waals surface area contributed by atoms with Crippen LogP contribution in [0.2, 0.25) is 0 Å². The first-order chi connectivity index (χ1) is 15.1. The van der Waals surface area contributed by atoms with Gasteiger partial charge in [0.05, 0.1) is 6.61 Å². The van der Waals surface area contributed by atoms with Crippen molar-refractivity contribution in [3.63, 3.8) is 0 Å². The Morgan fingerprint density at radius 1 is 0.968 bits per heavy atom. The average Bonchev–Trinajstić information content (AvgIpc) is 3.32. The highest BCUT2D eigenvalue weighted by Crippen LogP contribution is 2.32. The maximum Gasteiger partial charge on any atom is 0.347 e. The third-order valence-corrected chi connectivity index (χ3v) is 6.28. The van der Waals surface area contributed by atoms with Crippen LogP contribution < -0.4 is 0 Å². The van der Waals surface area contributed by atoms with Crippen molar-refractivity contribution in [3.05, 3.63) is 108 Å². The smallest absolute Gasteiger partial charge is 0.347 e. The molecule has 4 rings (SSSR count). The molecule has 0 bridgehead atoms. The molecule has 1 saturated heterocycles. The SMILES string of the molecule is C[C@H](c1ccccc1)N1CC[C@@H](COC(=O)C(O)(c2ccccc2)c2ccccc2)C1. The number of likely N-dealkylation sites (tertiary alicyclic amines) is 1. The van der Waals surface area contributed by atoms with Crippen LogP contribution in [-0.2, 0) is 15.1 Å². The molecule has 2 atom stereocenters. The summed E-state index contributed by atoms with van der Waals surface area (Å²) in [7, 11) is 0. The molecule has 0 saturated carbocycles. The van der Waals surface area contributed by atoms with E-state index in [2.05, 4.69) is 36.1 Å². The predicted octanol–water partition coefficient (Wildman–Crippen LogP) is 4.55. The van der Waals surface area contributed by atoms with Gasteiger partial charge in [0.2, 0.25) is 5.60 Å². The third-order valence-electron chi connectivity index (χ3n) is 6.28. The van der Waals surface area contributed by atoms with E-state index in [1.165, 1.54) is 5.56 Å². The lowest BCUT2D eigenvalue weighted by Gasteiger charge is -2.28. The van der Waals surface area contributed by atoms with Gasteiger partial charge in [-0.3, -0.25) is 4.90 Å². The highest BCUT2D eigenvalue weighted by atomic mass is 16.5. The molecule has 1 N–H and O–H groups in total. The number of ether oxygens (including phenoxy) is 1. The number of carbonyl (C=O) groups excluding carboxylic acids is 1. The number of benzene rings is 3. The highest BCUT2D eigenvalue weighted by Gasteiger charge is 2.42. The van der Waals surface area contributed by atoms with Crippen LogP contribution in [0.5, 0.6) is 0 Å². The van der Waals surface area contributed by atoms with Gasteiger partial charge in [-0.2, -0.15) is 0 Å². The van der Waals surface area contributed by atoms with Gasteiger partial charge in [-0.05, 0) is 36.6 Å². The molecule has 0 amide bonds. The molecular weight excluding hydrogens is 386 g/mol. The zero-order valence-electron chi connectivity index (χ0n) is 17.9. The van der Waals surface area contributed by atoms with Crippen molar-refractivity contribution < 1.29 is 14.6 Å². The molecule has 160 valence electrons. The Hall–Kier alpha value is -2.95. The maximum absolute atomic E-state index is 13.2. The van der Waals surface area contributed by atoms with Crippen molar-refractivity contribution >= 4 is 5.97 Å². The van der Waals surface area contributed by atoms with E-state index in [0.29, 0.717) is 23.8 Å². The van der Waals surface area contributed by atoms with E-state index in [9.17, 15) is 9.90 Å². The fraction of sp³-hybridized carbons (Fsp3) is 0.296. The highest BCUT2D eigenvalue weighted by molar-refractivity contribution is 5.85. The van der Waals surface area contributed by atoms with Crippen molar-refractivity contribution in [1.29, 1.82) is 0 Å². The van der Waals surface area contributed by atoms with Gasteiger partial charge in [-0.25, -0.2) is 4.79 Å². The normalized spacial score (nSPS) is 17.9. The van der Waals surface area contributed by atoms with Crippen LogP contribution in [0, 0.1) is 5.92 Å². The van der Waals surface area contributed by atoms with Crippen LogP contribution in [0.1, 0.15) is 36.1 Å². The van der Waals surface area contributed by atoms with Crippen molar-refractivity contribution in [2.45, 2.75) is 25.0 Å². The molecule has 31 heavy (non-hydrogen) atoms. The molecule has 4 heteroatoms. The van der Waals surface area contributed by atoms with Crippen LogP contribution in [0.25, 0.3) is 0 Å². The fourth-order valence-electron chi connectivity index (χ4n) is 4.35. The largest absolute Gasteiger partial charge is 0.463 e. The van der Waals surface area contributed by atoms with E-state index in [1.807, 2.05) is 42.5 Å². The lowest BCUT2D eigenvalue weighted by Crippen LogP contribution is -2.39. The second-order valence-electron chi connectivity index (χ2n) is 8.28. The molecule has 3 aromatic rings. The van der Waals surface area contributed by atoms with Crippen molar-refractivity contribution in [2.75, 3.05) is 19.7 Å². The van der Waals surface area contributed by atoms with Gasteiger partial charge in [-0.15, -0.1) is 0 Å². The number of esters is 1. The van der Waals surface area contributed by atoms with Crippen molar-refractivity contribution in [3.8, 4) is 0 Å². The van der Waals surface area contributed by atoms with E-state index in [-0.39, 0.29) is 5.92 Å². The molecule has 0 aliphatic carbocycles. The Labute approximate surface area is 184 Å². The molecule has 3 aromatic carbocycles. The standard InChI is InChI=1S/C27H29NO3/c1-21(23-11-5-2-6-12-23)28-18-17-22(19-28)20-31-26(29)27(30,24-13-7-3-8-14-24)25-15-9-4-10-16-25/h2-16,21-22,30H,17-20H2,1H3/t21-,22-/m1/s1. The molecule has 0 spiro atoms. The van der Waals surface area contributed by atoms with Gasteiger partial charge in [0, 0.05) is 18.5 Å². The van der Waals surface area contributed by atoms with Gasteiger partial charge < -0.3 is 9.84 Å². The van der Waals surface area contributed by atoms with E-state index in [0.717, 1.165) is 19.5 Å². The van der Waals surface area contributed by atoms with E-state index in [4.69, 9.17) is 4.74 Å². The predicted molar refractivity (Wildman–Crippen MR) is 121 cm³/mol. The lowest BCUT2D eigenvalue weighted by atomic mass is 9.86. The van der Waals surface area contributed by atoms with E-state index < -0.39 is 11.6 Å². The second kappa shape index (κ2) is 9.46. The summed E-state index contributed by atoms with van der Waals surface area (Å²) < 4.78 is 5.72. The Kier molecular flexibility index (Phi) is 6.50. The molecule has 0 aromatic heterocycles. The minimum Gasteiger partial charge on any atom is -0.463 e. The average molecular weight is 416 g/mol. The monoisotopic (exact) mass is 415 g/mol. The summed E-state index contributed by atoms with van der Waals surface area (Å²) in [5, 5.41) is 11.5. The molecule has 0 radical (unpaired) electrons. The number of rotatable bonds is 7. The summed E-state index contributed by atoms with van der Waals surface area (Å²) in [6, 6.07) is 28.8. The summed E-state index contributed by atoms with van der Waals surface area (Å²) in [4.78, 5) is 15.6. The number of hydrogen-bond donors (Lipinski definition) is 1. The molecule has 4 nitrogen and oxygen atoms in total. The van der Waals surface area contributed by atoms with Crippen LogP contribution in [0.4, 0.5) is 0 Å². The summed E-state index contributed by atoms with van der Waals surface area (Å²) in [6.45, 7) is 4.37. The van der Waals surface area contributed by atoms with Gasteiger partial charge in [-0.1, -0.05) is 91.0 Å². The van der Waals surface area contributed by atoms with Crippen molar-refractivity contribution in [2.24, 2.45) is 5.92 Å². The zero-order valence-corrected chi connectivity index (χ0v) is 17.9. The Morgan fingerprint density at radius 3 is 2.03 bits per heavy atom. The topological polar surface area (TPSA) is 49.8 Å². The van der Waals surface area contributed by atoms with Crippen LogP contribution in [0.3, 0.4) is 0 Å². The van der Waals surface area contributed by atoms with E-state index in [1.54, 1.807) is 24.3 Å².